The quantitative estimate of drug-likeness (QED) is 0.135. The molecule has 0 amide bonds. The van der Waals surface area contributed by atoms with Crippen molar-refractivity contribution in [1.29, 1.82) is 0 Å². The molecule has 0 N–H and O–H groups in total. The average Bonchev–Trinajstić information content (AvgIpc) is 0.837. The molecule has 0 spiro atoms. The third-order valence-corrected chi connectivity index (χ3v) is 11.8. The summed E-state index contributed by atoms with van der Waals surface area (Å²) in [5.74, 6) is 48.1. The second-order valence-corrected chi connectivity index (χ2v) is 18.0. The summed E-state index contributed by atoms with van der Waals surface area (Å²) in [6.07, 6.45) is 0. The lowest BCUT2D eigenvalue weighted by Crippen LogP contribution is -1.90. The van der Waals surface area contributed by atoms with Gasteiger partial charge in [0.1, 0.15) is 22.3 Å². The summed E-state index contributed by atoms with van der Waals surface area (Å²) in [6, 6.07) is 58.4. The minimum Gasteiger partial charge on any atom is -0.101 e. The molecule has 0 aliphatic rings. The van der Waals surface area contributed by atoms with E-state index in [9.17, 15) is 0 Å². The van der Waals surface area contributed by atoms with Gasteiger partial charge in [-0.3, -0.25) is 0 Å². The van der Waals surface area contributed by atoms with Gasteiger partial charge in [0.2, 0.25) is 0 Å². The summed E-state index contributed by atoms with van der Waals surface area (Å²) in [5.41, 5.74) is 14.2. The molecule has 0 aliphatic heterocycles. The van der Waals surface area contributed by atoms with Gasteiger partial charge in [-0.1, -0.05) is 151 Å². The first kappa shape index (κ1) is 48.9. The SMILES string of the molecule is [2H]C([2H])([2H])c1cc(C#CC)c(C#Cc2ccccc2C#[N+]C)cc1C.[2H]C([2H])([2H])c1cc(C#[N+]C)c(C#Cc2ccccc2C#CC)cc1C.[2H]C([2H])([2H])c1ccc(C#Cc2ccccc2C#CC)c(C#[N+]C)c1.[2H]C([2H])([2H])c1ccc(C#Cc2ccccc2C#[N+]C)c(C#CC)c1. The Labute approximate surface area is 530 Å². The van der Waals surface area contributed by atoms with Gasteiger partial charge >= 0.3 is 24.3 Å². The lowest BCUT2D eigenvalue weighted by Gasteiger charge is -2.03. The largest absolute Gasteiger partial charge is 0.311 e. The van der Waals surface area contributed by atoms with Crippen LogP contribution in [0.5, 0.6) is 0 Å². The van der Waals surface area contributed by atoms with Crippen LogP contribution >= 0.6 is 0 Å². The van der Waals surface area contributed by atoms with Gasteiger partial charge in [0.15, 0.2) is 0 Å². The van der Waals surface area contributed by atoms with Crippen LogP contribution in [0, 0.1) is 160 Å². The van der Waals surface area contributed by atoms with Gasteiger partial charge < -0.3 is 0 Å². The molecule has 86 heavy (non-hydrogen) atoms. The molecule has 8 aromatic rings. The molecular weight excluding hydrogens is 1040 g/mol. The van der Waals surface area contributed by atoms with Crippen molar-refractivity contribution in [3.05, 3.63) is 300 Å². The predicted octanol–water partition coefficient (Wildman–Crippen LogP) is 16.9. The van der Waals surface area contributed by atoms with Crippen LogP contribution in [0.15, 0.2) is 158 Å². The second-order valence-electron chi connectivity index (χ2n) is 18.0. The zero-order chi connectivity index (χ0) is 72.1. The Kier molecular flexibility index (Phi) is 20.0. The van der Waals surface area contributed by atoms with E-state index in [0.717, 1.165) is 44.5 Å². The van der Waals surface area contributed by atoms with E-state index in [-0.39, 0.29) is 11.1 Å². The third kappa shape index (κ3) is 20.3. The molecule has 412 valence electrons. The maximum absolute atomic E-state index is 7.65. The molecule has 0 heterocycles. The molecule has 4 nitrogen and oxygen atoms in total. The summed E-state index contributed by atoms with van der Waals surface area (Å²) >= 11 is 0. The lowest BCUT2D eigenvalue weighted by molar-refractivity contribution is 1.32. The zero-order valence-electron chi connectivity index (χ0n) is 61.8. The number of aryl methyl sites for hydroxylation is 6. The topological polar surface area (TPSA) is 17.4 Å². The number of rotatable bonds is 0. The Bertz CT molecular complexity index is 4810. The fraction of sp³-hybridized carbons (Fsp3) is 0.171. The Hall–Kier alpha value is -11.8. The first-order valence-electron chi connectivity index (χ1n) is 32.8. The predicted molar refractivity (Wildman–Crippen MR) is 363 cm³/mol. The minimum absolute atomic E-state index is 0.247. The fourth-order valence-electron chi connectivity index (χ4n) is 7.66. The van der Waals surface area contributed by atoms with Gasteiger partial charge in [-0.2, -0.15) is 0 Å². The van der Waals surface area contributed by atoms with Crippen molar-refractivity contribution in [2.75, 3.05) is 28.2 Å². The van der Waals surface area contributed by atoms with Gasteiger partial charge in [0, 0.05) is 83.2 Å². The summed E-state index contributed by atoms with van der Waals surface area (Å²) in [5, 5.41) is 0. The van der Waals surface area contributed by atoms with Crippen LogP contribution in [0.2, 0.25) is 0 Å². The highest BCUT2D eigenvalue weighted by atomic mass is 14.6. The molecular formula is C82H68N4+4. The molecule has 0 atom stereocenters. The van der Waals surface area contributed by atoms with Crippen molar-refractivity contribution >= 4 is 0 Å². The summed E-state index contributed by atoms with van der Waals surface area (Å²) in [7, 11) is 6.51. The maximum Gasteiger partial charge on any atom is 0.311 e. The van der Waals surface area contributed by atoms with E-state index in [1.54, 1.807) is 130 Å². The first-order chi connectivity index (χ1) is 46.6. The standard InChI is InChI=1S/2C21H18N.2C20H16N/c1-5-8-19-13-16(2)17(3)14-20(19)12-11-18-9-6-7-10-21(18)15-22-4;1-5-8-18-9-6-7-10-19(18)11-12-20-13-16(2)17(3)14-21(20)15-22-4;1-4-7-19-14-16(2)10-11-18(19)13-12-17-8-5-6-9-20(17)15-21-3;1-4-7-17-8-5-6-9-18(17)12-13-19-11-10-16(2)14-20(19)15-21-3/h2*6-7,9-10,13-14H,1-4H3;2*5-6,8-11,14H,1-3H3/q4*+1/i2D3;3D3;2*2D3. The molecule has 0 unspecified atom stereocenters. The van der Waals surface area contributed by atoms with Crippen molar-refractivity contribution in [3.8, 4) is 119 Å². The highest BCUT2D eigenvalue weighted by Gasteiger charge is 2.08. The van der Waals surface area contributed by atoms with Gasteiger partial charge in [-0.15, -0.1) is 23.7 Å². The van der Waals surface area contributed by atoms with Crippen LogP contribution in [0.1, 0.15) is 167 Å². The minimum atomic E-state index is -2.18. The average molecular weight is 1120 g/mol. The number of nitrogens with zero attached hydrogens (tertiary/aromatic N) is 4. The Morgan fingerprint density at radius 2 is 0.477 bits per heavy atom. The van der Waals surface area contributed by atoms with Crippen LogP contribution in [-0.2, 0) is 0 Å². The smallest absolute Gasteiger partial charge is 0.101 e. The van der Waals surface area contributed by atoms with Crippen LogP contribution in [0.4, 0.5) is 0 Å². The van der Waals surface area contributed by atoms with E-state index >= 15 is 0 Å². The van der Waals surface area contributed by atoms with Gasteiger partial charge in [0.25, 0.3) is 28.2 Å². The highest BCUT2D eigenvalue weighted by Crippen LogP contribution is 2.19. The molecule has 0 aromatic heterocycles. The first-order valence-corrected chi connectivity index (χ1v) is 26.8. The second kappa shape index (κ2) is 35.1. The summed E-state index contributed by atoms with van der Waals surface area (Å²) in [6.45, 7) is 1.87. The van der Waals surface area contributed by atoms with E-state index in [4.69, 9.17) is 16.4 Å². The number of hydrogen-bond acceptors (Lipinski definition) is 0. The summed E-state index contributed by atoms with van der Waals surface area (Å²) < 4.78 is 91.0. The van der Waals surface area contributed by atoms with Gasteiger partial charge in [0.05, 0.1) is 0 Å². The molecule has 4 heteroatoms. The molecule has 8 aromatic carbocycles. The number of hydrogen-bond donors (Lipinski definition) is 0. The molecule has 0 saturated carbocycles. The third-order valence-electron chi connectivity index (χ3n) is 11.8. The normalized spacial score (nSPS) is 11.3. The van der Waals surface area contributed by atoms with Crippen molar-refractivity contribution in [2.24, 2.45) is 0 Å². The van der Waals surface area contributed by atoms with E-state index in [2.05, 4.69) is 138 Å². The van der Waals surface area contributed by atoms with E-state index in [1.165, 1.54) is 0 Å². The lowest BCUT2D eigenvalue weighted by atomic mass is 9.99. The Morgan fingerprint density at radius 1 is 0.244 bits per heavy atom. The fourth-order valence-corrected chi connectivity index (χ4v) is 7.66. The number of benzene rings is 8. The van der Waals surface area contributed by atoms with E-state index < -0.39 is 27.4 Å². The Morgan fingerprint density at radius 3 is 0.837 bits per heavy atom. The van der Waals surface area contributed by atoms with Crippen molar-refractivity contribution < 1.29 is 16.4 Å². The highest BCUT2D eigenvalue weighted by molar-refractivity contribution is 5.61. The monoisotopic (exact) mass is 1120 g/mol. The van der Waals surface area contributed by atoms with Crippen molar-refractivity contribution in [3.63, 3.8) is 0 Å². The zero-order valence-corrected chi connectivity index (χ0v) is 49.8. The van der Waals surface area contributed by atoms with E-state index in [1.807, 2.05) is 97.1 Å². The molecule has 0 bridgehead atoms. The summed E-state index contributed by atoms with van der Waals surface area (Å²) in [4.78, 5) is 15.6. The molecule has 0 fully saturated rings. The van der Waals surface area contributed by atoms with Crippen LogP contribution < -0.4 is 0 Å². The van der Waals surface area contributed by atoms with E-state index in [0.29, 0.717) is 66.8 Å². The maximum atomic E-state index is 7.65. The molecule has 8 rings (SSSR count). The molecule has 0 radical (unpaired) electrons. The van der Waals surface area contributed by atoms with Crippen molar-refractivity contribution in [2.45, 2.75) is 68.9 Å². The van der Waals surface area contributed by atoms with Crippen LogP contribution in [-0.4, -0.2) is 28.2 Å². The van der Waals surface area contributed by atoms with Crippen LogP contribution in [0.3, 0.4) is 0 Å². The van der Waals surface area contributed by atoms with Crippen molar-refractivity contribution in [1.82, 2.24) is 0 Å². The molecule has 0 saturated heterocycles. The van der Waals surface area contributed by atoms with Gasteiger partial charge in [-0.25, -0.2) is 0 Å². The van der Waals surface area contributed by atoms with Crippen LogP contribution in [0.25, 0.3) is 19.4 Å². The molecule has 0 aliphatic carbocycles. The Balaban J connectivity index is 0.000000236. The van der Waals surface area contributed by atoms with Gasteiger partial charge in [-0.05, 0) is 199 Å².